The summed E-state index contributed by atoms with van der Waals surface area (Å²) in [7, 11) is 1.69. The molecule has 0 radical (unpaired) electrons. The molecule has 1 rings (SSSR count). The van der Waals surface area contributed by atoms with Crippen molar-refractivity contribution in [2.75, 3.05) is 20.1 Å². The van der Waals surface area contributed by atoms with Crippen LogP contribution in [0.25, 0.3) is 0 Å². The molecular formula is C10H19N3OS. The molecule has 1 unspecified atom stereocenters. The van der Waals surface area contributed by atoms with Crippen LogP contribution in [0.5, 0.6) is 0 Å². The first kappa shape index (κ1) is 12.4. The fraction of sp³-hybridized carbons (Fsp3) is 0.800. The molecule has 1 aliphatic heterocycles. The molecule has 1 atom stereocenters. The molecule has 1 amide bonds. The number of carbonyl (C=O) groups excluding carboxylic acids is 1. The Labute approximate surface area is 96.2 Å². The van der Waals surface area contributed by atoms with Crippen LogP contribution in [0.3, 0.4) is 0 Å². The summed E-state index contributed by atoms with van der Waals surface area (Å²) in [5, 5.41) is 2.69. The van der Waals surface area contributed by atoms with Gasteiger partial charge in [0, 0.05) is 13.0 Å². The molecule has 4 nitrogen and oxygen atoms in total. The van der Waals surface area contributed by atoms with Crippen molar-refractivity contribution in [3.05, 3.63) is 0 Å². The molecule has 0 aromatic carbocycles. The minimum Gasteiger partial charge on any atom is -0.392 e. The van der Waals surface area contributed by atoms with Gasteiger partial charge in [0.25, 0.3) is 0 Å². The molecule has 15 heavy (non-hydrogen) atoms. The highest BCUT2D eigenvalue weighted by atomic mass is 32.1. The highest BCUT2D eigenvalue weighted by molar-refractivity contribution is 7.80. The first-order chi connectivity index (χ1) is 7.06. The molecule has 0 aromatic heterocycles. The minimum absolute atomic E-state index is 0.144. The molecule has 1 saturated heterocycles. The van der Waals surface area contributed by atoms with Crippen molar-refractivity contribution in [3.63, 3.8) is 0 Å². The minimum atomic E-state index is 0.144. The van der Waals surface area contributed by atoms with E-state index < -0.39 is 0 Å². The van der Waals surface area contributed by atoms with E-state index >= 15 is 0 Å². The zero-order chi connectivity index (χ0) is 11.4. The van der Waals surface area contributed by atoms with E-state index in [1.807, 2.05) is 6.92 Å². The Kier molecular flexibility index (Phi) is 4.47. The van der Waals surface area contributed by atoms with E-state index in [0.29, 0.717) is 4.99 Å². The van der Waals surface area contributed by atoms with Gasteiger partial charge in [-0.15, -0.1) is 0 Å². The Morgan fingerprint density at radius 1 is 1.53 bits per heavy atom. The smallest absolute Gasteiger partial charge is 0.222 e. The Bertz CT molecular complexity index is 249. The van der Waals surface area contributed by atoms with E-state index in [1.165, 1.54) is 0 Å². The van der Waals surface area contributed by atoms with E-state index in [9.17, 15) is 4.79 Å². The third-order valence-corrected chi connectivity index (χ3v) is 3.45. The first-order valence-electron chi connectivity index (χ1n) is 5.31. The second-order valence-corrected chi connectivity index (χ2v) is 4.47. The lowest BCUT2D eigenvalue weighted by Crippen LogP contribution is -2.47. The fourth-order valence-corrected chi connectivity index (χ4v) is 2.08. The zero-order valence-corrected chi connectivity index (χ0v) is 10.1. The van der Waals surface area contributed by atoms with E-state index in [1.54, 1.807) is 7.05 Å². The van der Waals surface area contributed by atoms with Crippen LogP contribution in [0, 0.1) is 5.92 Å². The summed E-state index contributed by atoms with van der Waals surface area (Å²) in [6.07, 6.45) is 1.79. The Morgan fingerprint density at radius 3 is 2.47 bits per heavy atom. The van der Waals surface area contributed by atoms with Crippen LogP contribution in [0.4, 0.5) is 0 Å². The number of nitrogens with zero attached hydrogens (tertiary/aromatic N) is 1. The maximum absolute atomic E-state index is 11.4. The summed E-state index contributed by atoms with van der Waals surface area (Å²) in [6.45, 7) is 3.82. The lowest BCUT2D eigenvalue weighted by Gasteiger charge is -2.34. The maximum Gasteiger partial charge on any atom is 0.222 e. The van der Waals surface area contributed by atoms with Gasteiger partial charge in [-0.3, -0.25) is 9.69 Å². The average molecular weight is 229 g/mol. The van der Waals surface area contributed by atoms with Gasteiger partial charge in [0.15, 0.2) is 0 Å². The lowest BCUT2D eigenvalue weighted by atomic mass is 9.95. The normalized spacial score (nSPS) is 20.9. The number of hydrogen-bond acceptors (Lipinski definition) is 3. The van der Waals surface area contributed by atoms with Crippen molar-refractivity contribution in [1.29, 1.82) is 0 Å². The topological polar surface area (TPSA) is 58.4 Å². The molecule has 3 N–H and O–H groups in total. The molecule has 1 heterocycles. The second kappa shape index (κ2) is 5.42. The summed E-state index contributed by atoms with van der Waals surface area (Å²) in [6, 6.07) is 0.144. The van der Waals surface area contributed by atoms with Crippen LogP contribution in [-0.4, -0.2) is 42.0 Å². The van der Waals surface area contributed by atoms with E-state index in [2.05, 4.69) is 10.2 Å². The molecule has 0 bridgehead atoms. The van der Waals surface area contributed by atoms with Gasteiger partial charge in [0.2, 0.25) is 5.91 Å². The molecule has 1 aliphatic rings. The van der Waals surface area contributed by atoms with Gasteiger partial charge in [0.1, 0.15) is 0 Å². The van der Waals surface area contributed by atoms with E-state index in [0.717, 1.165) is 25.9 Å². The van der Waals surface area contributed by atoms with Crippen molar-refractivity contribution >= 4 is 23.1 Å². The van der Waals surface area contributed by atoms with Crippen LogP contribution in [0.1, 0.15) is 19.8 Å². The van der Waals surface area contributed by atoms with Crippen LogP contribution >= 0.6 is 12.2 Å². The number of hydrogen-bond donors (Lipinski definition) is 2. The van der Waals surface area contributed by atoms with Gasteiger partial charge in [0.05, 0.1) is 11.0 Å². The van der Waals surface area contributed by atoms with Crippen molar-refractivity contribution in [1.82, 2.24) is 10.2 Å². The second-order valence-electron chi connectivity index (χ2n) is 4.00. The molecular weight excluding hydrogens is 210 g/mol. The quantitative estimate of drug-likeness (QED) is 0.675. The van der Waals surface area contributed by atoms with Crippen LogP contribution in [-0.2, 0) is 4.79 Å². The van der Waals surface area contributed by atoms with Gasteiger partial charge in [-0.2, -0.15) is 0 Å². The van der Waals surface area contributed by atoms with Gasteiger partial charge >= 0.3 is 0 Å². The summed E-state index contributed by atoms with van der Waals surface area (Å²) in [5.74, 6) is 0.308. The summed E-state index contributed by atoms with van der Waals surface area (Å²) in [4.78, 5) is 14.2. The fourth-order valence-electron chi connectivity index (χ4n) is 1.93. The summed E-state index contributed by atoms with van der Waals surface area (Å²) < 4.78 is 0. The number of nitrogens with one attached hydrogen (secondary N) is 1. The monoisotopic (exact) mass is 229 g/mol. The van der Waals surface area contributed by atoms with E-state index in [-0.39, 0.29) is 17.9 Å². The number of rotatable bonds is 3. The molecule has 0 aliphatic carbocycles. The molecule has 0 saturated carbocycles. The first-order valence-corrected chi connectivity index (χ1v) is 5.72. The highest BCUT2D eigenvalue weighted by Gasteiger charge is 2.27. The summed E-state index contributed by atoms with van der Waals surface area (Å²) in [5.41, 5.74) is 5.60. The maximum atomic E-state index is 11.4. The lowest BCUT2D eigenvalue weighted by molar-refractivity contribution is -0.125. The van der Waals surface area contributed by atoms with Crippen LogP contribution in [0.15, 0.2) is 0 Å². The zero-order valence-electron chi connectivity index (χ0n) is 9.32. The Hall–Kier alpha value is -0.680. The number of carbonyl (C=O) groups is 1. The standard InChI is InChI=1S/C10H19N3OS/c1-7(9(11)15)13-5-3-8(4-6-13)10(14)12-2/h7-8H,3-6H2,1-2H3,(H2,11,15)(H,12,14). The molecule has 86 valence electrons. The van der Waals surface area contributed by atoms with Crippen molar-refractivity contribution < 1.29 is 4.79 Å². The number of nitrogens with two attached hydrogens (primary N) is 1. The van der Waals surface area contributed by atoms with Gasteiger partial charge in [-0.1, -0.05) is 12.2 Å². The third-order valence-electron chi connectivity index (χ3n) is 3.11. The van der Waals surface area contributed by atoms with Crippen LogP contribution < -0.4 is 11.1 Å². The van der Waals surface area contributed by atoms with Crippen molar-refractivity contribution in [2.45, 2.75) is 25.8 Å². The van der Waals surface area contributed by atoms with Gasteiger partial charge in [-0.25, -0.2) is 0 Å². The van der Waals surface area contributed by atoms with Crippen LogP contribution in [0.2, 0.25) is 0 Å². The molecule has 5 heteroatoms. The third kappa shape index (κ3) is 3.14. The summed E-state index contributed by atoms with van der Waals surface area (Å²) >= 11 is 4.96. The largest absolute Gasteiger partial charge is 0.392 e. The van der Waals surface area contributed by atoms with Crippen molar-refractivity contribution in [2.24, 2.45) is 11.7 Å². The number of likely N-dealkylation sites (tertiary alicyclic amines) is 1. The van der Waals surface area contributed by atoms with Crippen molar-refractivity contribution in [3.8, 4) is 0 Å². The Balaban J connectivity index is 2.42. The van der Waals surface area contributed by atoms with Gasteiger partial charge in [-0.05, 0) is 32.9 Å². The predicted octanol–water partition coefficient (Wildman–Crippen LogP) is 0.119. The molecule has 0 aromatic rings. The van der Waals surface area contributed by atoms with Gasteiger partial charge < -0.3 is 11.1 Å². The highest BCUT2D eigenvalue weighted by Crippen LogP contribution is 2.18. The van der Waals surface area contributed by atoms with E-state index in [4.69, 9.17) is 18.0 Å². The number of amides is 1. The Morgan fingerprint density at radius 2 is 2.07 bits per heavy atom. The number of piperidine rings is 1. The molecule has 0 spiro atoms. The predicted molar refractivity (Wildman–Crippen MR) is 64.6 cm³/mol. The number of thiocarbonyl (C=S) groups is 1. The molecule has 1 fully saturated rings. The average Bonchev–Trinajstić information content (AvgIpc) is 2.27. The SMILES string of the molecule is CNC(=O)C1CCN(C(C)C(N)=S)CC1.